The van der Waals surface area contributed by atoms with Crippen LogP contribution in [0.15, 0.2) is 86.0 Å². The number of allylic oxidation sites excluding steroid dienone is 4. The van der Waals surface area contributed by atoms with Gasteiger partial charge in [-0.2, -0.15) is 0 Å². The fourth-order valence-corrected chi connectivity index (χ4v) is 3.49. The summed E-state index contributed by atoms with van der Waals surface area (Å²) < 4.78 is 14.4. The van der Waals surface area contributed by atoms with Crippen LogP contribution >= 0.6 is 0 Å². The lowest BCUT2D eigenvalue weighted by atomic mass is 9.95. The second kappa shape index (κ2) is 7.64. The zero-order chi connectivity index (χ0) is 20.4. The van der Waals surface area contributed by atoms with Gasteiger partial charge in [0.1, 0.15) is 11.6 Å². The van der Waals surface area contributed by atoms with Gasteiger partial charge in [-0.1, -0.05) is 37.4 Å². The van der Waals surface area contributed by atoms with Crippen molar-refractivity contribution < 1.29 is 4.39 Å². The Morgan fingerprint density at radius 2 is 1.76 bits per heavy atom. The van der Waals surface area contributed by atoms with Crippen molar-refractivity contribution in [3.63, 3.8) is 0 Å². The molecule has 0 bridgehead atoms. The van der Waals surface area contributed by atoms with Crippen LogP contribution in [0.5, 0.6) is 0 Å². The number of hydrogen-bond donors (Lipinski definition) is 1. The first-order valence-electron chi connectivity index (χ1n) is 9.14. The molecule has 0 saturated heterocycles. The van der Waals surface area contributed by atoms with Crippen molar-refractivity contribution in [2.45, 2.75) is 0 Å². The molecule has 1 aromatic carbocycles. The van der Waals surface area contributed by atoms with Gasteiger partial charge >= 0.3 is 0 Å². The number of benzene rings is 1. The van der Waals surface area contributed by atoms with Gasteiger partial charge in [0.25, 0.3) is 0 Å². The first kappa shape index (κ1) is 18.5. The highest BCUT2D eigenvalue weighted by molar-refractivity contribution is 6.07. The summed E-state index contributed by atoms with van der Waals surface area (Å²) in [5.41, 5.74) is 3.18. The van der Waals surface area contributed by atoms with Crippen LogP contribution in [0.4, 0.5) is 10.2 Å². The van der Waals surface area contributed by atoms with Gasteiger partial charge in [-0.25, -0.2) is 19.3 Å². The molecule has 0 spiro atoms. The van der Waals surface area contributed by atoms with Crippen molar-refractivity contribution in [2.75, 3.05) is 12.4 Å². The Kier molecular flexibility index (Phi) is 4.87. The predicted molar refractivity (Wildman–Crippen MR) is 118 cm³/mol. The zero-order valence-corrected chi connectivity index (χ0v) is 16.0. The number of aromatic nitrogens is 3. The maximum atomic E-state index is 14.4. The molecule has 0 atom stereocenters. The van der Waals surface area contributed by atoms with Crippen molar-refractivity contribution in [1.29, 1.82) is 0 Å². The van der Waals surface area contributed by atoms with Gasteiger partial charge in [-0.3, -0.25) is 0 Å². The monoisotopic (exact) mass is 382 g/mol. The summed E-state index contributed by atoms with van der Waals surface area (Å²) in [6, 6.07) is 13.7. The smallest absolute Gasteiger partial charge is 0.160 e. The van der Waals surface area contributed by atoms with Gasteiger partial charge in [0, 0.05) is 35.8 Å². The maximum Gasteiger partial charge on any atom is 0.160 e. The molecule has 4 nitrogen and oxygen atoms in total. The number of anilines is 1. The molecule has 0 radical (unpaired) electrons. The number of rotatable bonds is 5. The van der Waals surface area contributed by atoms with Crippen molar-refractivity contribution in [2.24, 2.45) is 0 Å². The minimum atomic E-state index is -0.478. The van der Waals surface area contributed by atoms with Crippen molar-refractivity contribution in [3.05, 3.63) is 91.7 Å². The van der Waals surface area contributed by atoms with Crippen LogP contribution in [0.1, 0.15) is 5.69 Å². The lowest BCUT2D eigenvalue weighted by molar-refractivity contribution is 0.671. The number of hydrogen-bond acceptors (Lipinski definition) is 4. The zero-order valence-electron chi connectivity index (χ0n) is 16.0. The molecule has 0 fully saturated rings. The van der Waals surface area contributed by atoms with Gasteiger partial charge in [0.05, 0.1) is 5.69 Å². The first-order chi connectivity index (χ1) is 14.2. The van der Waals surface area contributed by atoms with E-state index >= 15 is 0 Å². The molecular weight excluding hydrogens is 363 g/mol. The second-order valence-electron chi connectivity index (χ2n) is 6.41. The molecule has 5 heteroatoms. The van der Waals surface area contributed by atoms with E-state index in [0.29, 0.717) is 11.3 Å². The van der Waals surface area contributed by atoms with Crippen LogP contribution in [-0.2, 0) is 0 Å². The van der Waals surface area contributed by atoms with Gasteiger partial charge in [-0.15, -0.1) is 0 Å². The van der Waals surface area contributed by atoms with E-state index in [9.17, 15) is 4.39 Å². The third kappa shape index (κ3) is 3.17. The number of nitrogens with one attached hydrogen (secondary N) is 1. The molecular formula is C24H19FN4. The summed E-state index contributed by atoms with van der Waals surface area (Å²) in [6.45, 7) is 7.26. The molecule has 0 amide bonds. The van der Waals surface area contributed by atoms with E-state index in [-0.39, 0.29) is 5.57 Å². The van der Waals surface area contributed by atoms with Crippen molar-refractivity contribution >= 4 is 33.2 Å². The first-order valence-corrected chi connectivity index (χ1v) is 9.14. The topological polar surface area (TPSA) is 50.7 Å². The molecule has 0 saturated carbocycles. The largest absolute Gasteiger partial charge is 0.373 e. The predicted octanol–water partition coefficient (Wildman–Crippen LogP) is 5.94. The molecule has 3 aromatic heterocycles. The Morgan fingerprint density at radius 1 is 0.931 bits per heavy atom. The van der Waals surface area contributed by atoms with E-state index in [2.05, 4.69) is 33.4 Å². The molecule has 0 unspecified atom stereocenters. The molecule has 4 rings (SSSR count). The maximum absolute atomic E-state index is 14.4. The molecule has 142 valence electrons. The Bertz CT molecular complexity index is 1290. The third-order valence-electron chi connectivity index (χ3n) is 4.83. The number of fused-ring (bicyclic) bond motifs is 2. The Morgan fingerprint density at radius 3 is 2.52 bits per heavy atom. The van der Waals surface area contributed by atoms with E-state index in [1.807, 2.05) is 49.5 Å². The summed E-state index contributed by atoms with van der Waals surface area (Å²) in [6.07, 6.45) is 6.05. The number of pyridine rings is 3. The molecule has 0 aliphatic rings. The Labute approximate surface area is 168 Å². The van der Waals surface area contributed by atoms with Gasteiger partial charge in [0.2, 0.25) is 0 Å². The molecule has 0 aliphatic heterocycles. The summed E-state index contributed by atoms with van der Waals surface area (Å²) in [4.78, 5) is 13.4. The quantitative estimate of drug-likeness (QED) is 0.434. The van der Waals surface area contributed by atoms with E-state index in [4.69, 9.17) is 0 Å². The Balaban J connectivity index is 2.11. The summed E-state index contributed by atoms with van der Waals surface area (Å²) in [7, 11) is 1.84. The fraction of sp³-hybridized carbons (Fsp3) is 0.0417. The van der Waals surface area contributed by atoms with Crippen LogP contribution in [-0.4, -0.2) is 22.0 Å². The molecule has 1 N–H and O–H groups in total. The van der Waals surface area contributed by atoms with E-state index in [1.54, 1.807) is 12.4 Å². The number of nitrogens with zero attached hydrogens (tertiary/aromatic N) is 3. The van der Waals surface area contributed by atoms with E-state index in [0.717, 1.165) is 39.2 Å². The van der Waals surface area contributed by atoms with Gasteiger partial charge < -0.3 is 5.32 Å². The van der Waals surface area contributed by atoms with E-state index in [1.165, 1.54) is 6.08 Å². The van der Waals surface area contributed by atoms with Crippen LogP contribution in [0.25, 0.3) is 38.5 Å². The molecule has 0 aliphatic carbocycles. The average Bonchev–Trinajstić information content (AvgIpc) is 2.78. The Hall–Kier alpha value is -3.86. The lowest BCUT2D eigenvalue weighted by Crippen LogP contribution is -1.97. The van der Waals surface area contributed by atoms with Crippen LogP contribution in [0.3, 0.4) is 0 Å². The molecule has 3 heterocycles. The molecule has 29 heavy (non-hydrogen) atoms. The lowest BCUT2D eigenvalue weighted by Gasteiger charge is -2.13. The van der Waals surface area contributed by atoms with Gasteiger partial charge in [0.15, 0.2) is 5.65 Å². The summed E-state index contributed by atoms with van der Waals surface area (Å²) in [5, 5.41) is 6.04. The normalized spacial score (nSPS) is 11.9. The van der Waals surface area contributed by atoms with E-state index < -0.39 is 5.83 Å². The van der Waals surface area contributed by atoms with Crippen LogP contribution < -0.4 is 5.32 Å². The van der Waals surface area contributed by atoms with Crippen LogP contribution in [0.2, 0.25) is 0 Å². The highest BCUT2D eigenvalue weighted by Crippen LogP contribution is 2.36. The SMILES string of the molecule is C=C/C(F)=C(\C=C)c1cc(-c2cccc3c(NC)nccc23)c2cccnc2n1. The third-order valence-corrected chi connectivity index (χ3v) is 4.83. The van der Waals surface area contributed by atoms with Crippen molar-refractivity contribution in [3.8, 4) is 11.1 Å². The van der Waals surface area contributed by atoms with Crippen LogP contribution in [0, 0.1) is 0 Å². The fourth-order valence-electron chi connectivity index (χ4n) is 3.49. The van der Waals surface area contributed by atoms with Gasteiger partial charge in [-0.05, 0) is 46.9 Å². The molecule has 4 aromatic rings. The highest BCUT2D eigenvalue weighted by Gasteiger charge is 2.15. The second-order valence-corrected chi connectivity index (χ2v) is 6.41. The average molecular weight is 382 g/mol. The standard InChI is InChI=1S/C24H19FN4/c1-4-15(21(25)5-2)22-14-20(19-10-7-12-27-24(19)29-22)16-8-6-9-18-17(16)11-13-28-23(18)26-3/h4-14H,1-2H2,3H3,(H,26,28)/b21-15-. The summed E-state index contributed by atoms with van der Waals surface area (Å²) >= 11 is 0. The minimum absolute atomic E-state index is 0.284. The summed E-state index contributed by atoms with van der Waals surface area (Å²) in [5.74, 6) is 0.318. The highest BCUT2D eigenvalue weighted by atomic mass is 19.1. The van der Waals surface area contributed by atoms with Crippen molar-refractivity contribution in [1.82, 2.24) is 15.0 Å². The number of halogens is 1. The minimum Gasteiger partial charge on any atom is -0.373 e.